The highest BCUT2D eigenvalue weighted by molar-refractivity contribution is 14.1. The first kappa shape index (κ1) is 33.8. The maximum Gasteiger partial charge on any atom is 0.466 e. The predicted molar refractivity (Wildman–Crippen MR) is 111 cm³/mol. The molecule has 0 radical (unpaired) electrons. The quantitative estimate of drug-likeness (QED) is 0.0829. The number of aliphatic hydroxyl groups is 2. The van der Waals surface area contributed by atoms with Crippen molar-refractivity contribution in [2.75, 3.05) is 12.3 Å². The minimum absolute atomic E-state index is 0.133. The lowest BCUT2D eigenvalue weighted by molar-refractivity contribution is -0.0455. The van der Waals surface area contributed by atoms with Crippen LogP contribution in [-0.2, 0) is 18.4 Å². The molecule has 2 heterocycles. The van der Waals surface area contributed by atoms with Crippen LogP contribution in [0.3, 0.4) is 0 Å². The SMILES string of the molecule is Nc1ccn([C@@H]2O[C@H](CO)[C@@H](O)[C@@H]2I)c(=O)n1.O=P(O)(O)O.O=P(O)(O)O.O=P(O)(O)O. The molecule has 0 aromatic carbocycles. The van der Waals surface area contributed by atoms with Gasteiger partial charge in [0.25, 0.3) is 0 Å². The van der Waals surface area contributed by atoms with Gasteiger partial charge in [-0.2, -0.15) is 4.98 Å². The molecule has 1 aliphatic rings. The molecule has 19 nitrogen and oxygen atoms in total. The van der Waals surface area contributed by atoms with Gasteiger partial charge in [-0.1, -0.05) is 22.6 Å². The lowest BCUT2D eigenvalue weighted by atomic mass is 10.2. The molecule has 2 rings (SSSR count). The molecule has 13 N–H and O–H groups in total. The van der Waals surface area contributed by atoms with E-state index in [1.165, 1.54) is 16.8 Å². The molecule has 4 atom stereocenters. The molecule has 0 unspecified atom stereocenters. The maximum absolute atomic E-state index is 11.6. The van der Waals surface area contributed by atoms with Crippen molar-refractivity contribution in [3.05, 3.63) is 22.7 Å². The van der Waals surface area contributed by atoms with Crippen LogP contribution in [-0.4, -0.2) is 86.5 Å². The van der Waals surface area contributed by atoms with Crippen molar-refractivity contribution < 1.29 is 72.7 Å². The Morgan fingerprint density at radius 3 is 1.66 bits per heavy atom. The van der Waals surface area contributed by atoms with E-state index in [9.17, 15) is 9.90 Å². The van der Waals surface area contributed by atoms with Gasteiger partial charge < -0.3 is 64.7 Å². The van der Waals surface area contributed by atoms with E-state index in [0.29, 0.717) is 0 Å². The van der Waals surface area contributed by atoms with Crippen LogP contribution in [0.2, 0.25) is 0 Å². The Hall–Kier alpha value is -0.380. The number of hydrogen-bond acceptors (Lipinski definition) is 9. The Morgan fingerprint density at radius 2 is 1.38 bits per heavy atom. The standard InChI is InChI=1S/C9H12IN3O4.3H3O4P/c10-6-7(15)4(3-14)17-8(6)13-2-1-5(11)12-9(13)16;3*1-5(2,3)4/h1-2,4,6-8,14-15H,3H2,(H2,11,12,16);3*(H3,1,2,3,4)/t4-,6+,7-,8-;;;/m1.../s1. The van der Waals surface area contributed by atoms with Gasteiger partial charge in [0.2, 0.25) is 0 Å². The molecule has 1 fully saturated rings. The van der Waals surface area contributed by atoms with E-state index in [1.807, 2.05) is 22.6 Å². The van der Waals surface area contributed by atoms with Crippen molar-refractivity contribution >= 4 is 51.9 Å². The number of rotatable bonds is 2. The second-order valence-corrected chi connectivity index (χ2v) is 9.78. The molecule has 1 saturated heterocycles. The summed E-state index contributed by atoms with van der Waals surface area (Å²) >= 11 is 1.98. The molecule has 0 spiro atoms. The molecule has 23 heteroatoms. The lowest BCUT2D eigenvalue weighted by Crippen LogP contribution is -2.32. The first-order chi connectivity index (χ1) is 14.0. The van der Waals surface area contributed by atoms with Crippen molar-refractivity contribution in [3.8, 4) is 0 Å². The molecule has 1 aromatic rings. The zero-order valence-electron chi connectivity index (χ0n) is 15.3. The van der Waals surface area contributed by atoms with Crippen molar-refractivity contribution in [1.29, 1.82) is 0 Å². The van der Waals surface area contributed by atoms with E-state index in [-0.39, 0.29) is 16.3 Å². The summed E-state index contributed by atoms with van der Waals surface area (Å²) in [6.45, 7) is -0.297. The number of nitrogens with zero attached hydrogens (tertiary/aromatic N) is 2. The number of aromatic nitrogens is 2. The van der Waals surface area contributed by atoms with Crippen molar-refractivity contribution in [3.63, 3.8) is 0 Å². The number of halogens is 1. The fourth-order valence-electron chi connectivity index (χ4n) is 1.70. The van der Waals surface area contributed by atoms with Crippen LogP contribution in [0.5, 0.6) is 0 Å². The van der Waals surface area contributed by atoms with E-state index < -0.39 is 47.6 Å². The number of nitrogens with two attached hydrogens (primary N) is 1. The molecule has 0 amide bonds. The minimum atomic E-state index is -4.64. The van der Waals surface area contributed by atoms with Crippen LogP contribution in [0.15, 0.2) is 17.1 Å². The fraction of sp³-hybridized carbons (Fsp3) is 0.556. The van der Waals surface area contributed by atoms with Crippen molar-refractivity contribution in [1.82, 2.24) is 9.55 Å². The first-order valence-corrected chi connectivity index (χ1v) is 13.3. The average Bonchev–Trinajstić information content (AvgIpc) is 2.78. The Morgan fingerprint density at radius 1 is 1.00 bits per heavy atom. The fourth-order valence-corrected chi connectivity index (χ4v) is 2.68. The van der Waals surface area contributed by atoms with E-state index in [2.05, 4.69) is 4.98 Å². The number of phosphoric acid groups is 3. The van der Waals surface area contributed by atoms with E-state index in [4.69, 9.17) is 73.3 Å². The molecular weight excluding hydrogens is 626 g/mol. The summed E-state index contributed by atoms with van der Waals surface area (Å²) in [6.07, 6.45) is -0.697. The third-order valence-corrected chi connectivity index (χ3v) is 3.95. The Bertz CT molecular complexity index is 824. The maximum atomic E-state index is 11.6. The van der Waals surface area contributed by atoms with Gasteiger partial charge in [-0.05, 0) is 6.07 Å². The van der Waals surface area contributed by atoms with Crippen LogP contribution in [0.1, 0.15) is 6.23 Å². The largest absolute Gasteiger partial charge is 0.466 e. The summed E-state index contributed by atoms with van der Waals surface area (Å²) < 4.78 is 33.0. The topological polar surface area (TPSA) is 344 Å². The zero-order valence-corrected chi connectivity index (χ0v) is 20.2. The zero-order chi connectivity index (χ0) is 26.1. The number of hydrogen-bond donors (Lipinski definition) is 12. The van der Waals surface area contributed by atoms with E-state index in [1.54, 1.807) is 0 Å². The molecule has 1 aromatic heterocycles. The van der Waals surface area contributed by atoms with Crippen LogP contribution >= 0.6 is 46.1 Å². The van der Waals surface area contributed by atoms with Crippen molar-refractivity contribution in [2.45, 2.75) is 22.4 Å². The molecule has 0 aliphatic carbocycles. The summed E-state index contributed by atoms with van der Waals surface area (Å²) in [6, 6.07) is 1.48. The van der Waals surface area contributed by atoms with Gasteiger partial charge >= 0.3 is 29.2 Å². The molecule has 1 aliphatic heterocycles. The van der Waals surface area contributed by atoms with E-state index in [0.717, 1.165) is 0 Å². The Kier molecular flexibility index (Phi) is 14.9. The third-order valence-electron chi connectivity index (χ3n) is 2.60. The third kappa shape index (κ3) is 20.2. The van der Waals surface area contributed by atoms with E-state index >= 15 is 0 Å². The highest BCUT2D eigenvalue weighted by Crippen LogP contribution is 2.34. The molecule has 190 valence electrons. The summed E-state index contributed by atoms with van der Waals surface area (Å²) in [4.78, 5) is 79.9. The van der Waals surface area contributed by atoms with Gasteiger partial charge in [-0.25, -0.2) is 18.5 Å². The first-order valence-electron chi connectivity index (χ1n) is 7.32. The molecule has 0 bridgehead atoms. The lowest BCUT2D eigenvalue weighted by Gasteiger charge is -2.16. The summed E-state index contributed by atoms with van der Waals surface area (Å²) in [5.74, 6) is 0.133. The second kappa shape index (κ2) is 14.1. The minimum Gasteiger partial charge on any atom is -0.394 e. The molecular formula is C9H21IN3O16P3. The van der Waals surface area contributed by atoms with Gasteiger partial charge in [0, 0.05) is 6.20 Å². The Balaban J connectivity index is 0. The normalized spacial score (nSPS) is 23.0. The summed E-state index contributed by atoms with van der Waals surface area (Å²) in [5.41, 5.74) is 4.85. The second-order valence-electron chi connectivity index (χ2n) is 5.26. The van der Waals surface area contributed by atoms with Gasteiger partial charge in [0.1, 0.15) is 11.9 Å². The monoisotopic (exact) mass is 647 g/mol. The number of ether oxygens (including phenoxy) is 1. The number of alkyl halides is 1. The van der Waals surface area contributed by atoms with Crippen LogP contribution in [0, 0.1) is 0 Å². The number of aliphatic hydroxyl groups excluding tert-OH is 2. The van der Waals surface area contributed by atoms with Crippen LogP contribution < -0.4 is 11.4 Å². The van der Waals surface area contributed by atoms with Crippen LogP contribution in [0.4, 0.5) is 5.82 Å². The summed E-state index contributed by atoms with van der Waals surface area (Å²) in [5, 5.41) is 18.8. The van der Waals surface area contributed by atoms with Gasteiger partial charge in [0.05, 0.1) is 16.6 Å². The smallest absolute Gasteiger partial charge is 0.394 e. The number of nitrogen functional groups attached to an aromatic ring is 1. The van der Waals surface area contributed by atoms with Gasteiger partial charge in [0.15, 0.2) is 6.23 Å². The number of anilines is 1. The predicted octanol–water partition coefficient (Wildman–Crippen LogP) is -3.91. The van der Waals surface area contributed by atoms with Gasteiger partial charge in [-0.3, -0.25) is 4.57 Å². The average molecular weight is 647 g/mol. The van der Waals surface area contributed by atoms with Crippen LogP contribution in [0.25, 0.3) is 0 Å². The highest BCUT2D eigenvalue weighted by atomic mass is 127. The Labute approximate surface area is 191 Å². The van der Waals surface area contributed by atoms with Crippen molar-refractivity contribution in [2.24, 2.45) is 0 Å². The molecule has 32 heavy (non-hydrogen) atoms. The molecule has 0 saturated carbocycles. The summed E-state index contributed by atoms with van der Waals surface area (Å²) in [7, 11) is -13.9. The highest BCUT2D eigenvalue weighted by Gasteiger charge is 2.43. The van der Waals surface area contributed by atoms with Gasteiger partial charge in [-0.15, -0.1) is 0 Å².